The van der Waals surface area contributed by atoms with Gasteiger partial charge in [0.05, 0.1) is 11.2 Å². The first kappa shape index (κ1) is 32.7. The van der Waals surface area contributed by atoms with Gasteiger partial charge in [0, 0.05) is 49.2 Å². The molecule has 11 aromatic rings. The fourth-order valence-electron chi connectivity index (χ4n) is 7.91. The van der Waals surface area contributed by atoms with Crippen LogP contribution in [0.25, 0.3) is 111 Å². The minimum atomic E-state index is 0.638. The molecule has 0 spiro atoms. The molecule has 0 radical (unpaired) electrons. The van der Waals surface area contributed by atoms with Crippen LogP contribution in [0, 0.1) is 0 Å². The second-order valence-corrected chi connectivity index (χ2v) is 14.2. The summed E-state index contributed by atoms with van der Waals surface area (Å²) < 4.78 is 6.34. The molecule has 0 unspecified atom stereocenters. The smallest absolute Gasteiger partial charge is 0.164 e. The van der Waals surface area contributed by atoms with Gasteiger partial charge in [-0.2, -0.15) is 0 Å². The van der Waals surface area contributed by atoms with Gasteiger partial charge in [-0.05, 0) is 46.5 Å². The van der Waals surface area contributed by atoms with Crippen molar-refractivity contribution in [3.63, 3.8) is 0 Å². The highest BCUT2D eigenvalue weighted by atomic mass is 16.3. The molecule has 0 bridgehead atoms. The second kappa shape index (κ2) is 13.5. The molecule has 0 saturated carbocycles. The van der Waals surface area contributed by atoms with Gasteiger partial charge in [0.15, 0.2) is 17.5 Å². The lowest BCUT2D eigenvalue weighted by Gasteiger charge is -2.13. The number of nitrogens with zero attached hydrogens (tertiary/aromatic N) is 4. The predicted molar refractivity (Wildman–Crippen MR) is 233 cm³/mol. The van der Waals surface area contributed by atoms with Crippen molar-refractivity contribution in [3.05, 3.63) is 194 Å². The lowest BCUT2D eigenvalue weighted by atomic mass is 9.94. The molecule has 0 saturated heterocycles. The maximum Gasteiger partial charge on any atom is 0.164 e. The van der Waals surface area contributed by atoms with E-state index < -0.39 is 0 Å². The molecule has 5 nitrogen and oxygen atoms in total. The summed E-state index contributed by atoms with van der Waals surface area (Å²) in [5.74, 6) is 1.94. The Morgan fingerprint density at radius 1 is 0.281 bits per heavy atom. The normalized spacial score (nSPS) is 11.5. The lowest BCUT2D eigenvalue weighted by molar-refractivity contribution is 0.669. The van der Waals surface area contributed by atoms with Crippen molar-refractivity contribution < 1.29 is 4.42 Å². The van der Waals surface area contributed by atoms with Crippen LogP contribution in [-0.4, -0.2) is 19.9 Å². The second-order valence-electron chi connectivity index (χ2n) is 14.2. The van der Waals surface area contributed by atoms with Crippen LogP contribution in [0.1, 0.15) is 0 Å². The number of fused-ring (bicyclic) bond motifs is 7. The highest BCUT2D eigenvalue weighted by Crippen LogP contribution is 2.42. The van der Waals surface area contributed by atoms with E-state index in [1.807, 2.05) is 78.9 Å². The molecule has 266 valence electrons. The van der Waals surface area contributed by atoms with Gasteiger partial charge in [-0.25, -0.2) is 19.9 Å². The van der Waals surface area contributed by atoms with Crippen LogP contribution < -0.4 is 0 Å². The fourth-order valence-corrected chi connectivity index (χ4v) is 7.91. The average molecular weight is 729 g/mol. The number of aromatic nitrogens is 4. The number of para-hydroxylation sites is 1. The van der Waals surface area contributed by atoms with Crippen LogP contribution in [-0.2, 0) is 0 Å². The summed E-state index contributed by atoms with van der Waals surface area (Å²) in [6.07, 6.45) is 0. The topological polar surface area (TPSA) is 64.7 Å². The number of pyridine rings is 1. The third-order valence-corrected chi connectivity index (χ3v) is 10.7. The Kier molecular flexibility index (Phi) is 7.74. The summed E-state index contributed by atoms with van der Waals surface area (Å²) in [6.45, 7) is 0. The van der Waals surface area contributed by atoms with Gasteiger partial charge in [0.1, 0.15) is 11.2 Å². The van der Waals surface area contributed by atoms with E-state index in [1.54, 1.807) is 0 Å². The van der Waals surface area contributed by atoms with Crippen molar-refractivity contribution in [2.24, 2.45) is 0 Å². The third-order valence-electron chi connectivity index (χ3n) is 10.7. The van der Waals surface area contributed by atoms with Crippen molar-refractivity contribution in [2.45, 2.75) is 0 Å². The first-order valence-corrected chi connectivity index (χ1v) is 19.0. The standard InChI is InChI=1S/C52H32N4O/c1-4-12-36(13-5-1)49-43-30-31-46-48(42-18-10-11-19-45(42)57-46)47(43)41-29-28-40(32-44(41)53-49)35-22-20-33(21-23-35)34-24-26-39(27-25-34)52-55-50(37-14-6-2-7-15-37)54-51(56-52)38-16-8-3-9-17-38/h1-32H. The van der Waals surface area contributed by atoms with Gasteiger partial charge < -0.3 is 4.42 Å². The molecule has 3 aromatic heterocycles. The zero-order chi connectivity index (χ0) is 37.7. The summed E-state index contributed by atoms with van der Waals surface area (Å²) in [7, 11) is 0. The summed E-state index contributed by atoms with van der Waals surface area (Å²) >= 11 is 0. The molecular weight excluding hydrogens is 697 g/mol. The first-order chi connectivity index (χ1) is 28.2. The summed E-state index contributed by atoms with van der Waals surface area (Å²) in [6, 6.07) is 66.9. The number of benzene rings is 8. The van der Waals surface area contributed by atoms with Crippen LogP contribution in [0.3, 0.4) is 0 Å². The summed E-state index contributed by atoms with van der Waals surface area (Å²) in [5, 5.41) is 5.61. The Hall–Kier alpha value is -7.76. The van der Waals surface area contributed by atoms with Gasteiger partial charge in [-0.15, -0.1) is 0 Å². The van der Waals surface area contributed by atoms with E-state index >= 15 is 0 Å². The molecule has 0 amide bonds. The molecule has 0 aliphatic carbocycles. The minimum absolute atomic E-state index is 0.638. The van der Waals surface area contributed by atoms with Gasteiger partial charge in [0.25, 0.3) is 0 Å². The monoisotopic (exact) mass is 728 g/mol. The van der Waals surface area contributed by atoms with E-state index in [1.165, 1.54) is 0 Å². The molecule has 0 fully saturated rings. The van der Waals surface area contributed by atoms with Gasteiger partial charge in [-0.1, -0.05) is 170 Å². The highest BCUT2D eigenvalue weighted by molar-refractivity contribution is 6.28. The van der Waals surface area contributed by atoms with Crippen molar-refractivity contribution in [3.8, 4) is 67.7 Å². The largest absolute Gasteiger partial charge is 0.456 e. The molecule has 8 aromatic carbocycles. The molecular formula is C52H32N4O. The SMILES string of the molecule is c1ccc(-c2nc(-c3ccccc3)nc(-c3ccc(-c4ccc(-c5ccc6c(c5)nc(-c5ccccc5)c5ccc7oc8ccccc8c7c56)cc4)cc3)n2)cc1. The molecule has 0 atom stereocenters. The Morgan fingerprint density at radius 2 is 0.737 bits per heavy atom. The Balaban J connectivity index is 0.957. The highest BCUT2D eigenvalue weighted by Gasteiger charge is 2.18. The van der Waals surface area contributed by atoms with Crippen LogP contribution in [0.2, 0.25) is 0 Å². The van der Waals surface area contributed by atoms with E-state index in [0.717, 1.165) is 93.8 Å². The number of hydrogen-bond acceptors (Lipinski definition) is 5. The van der Waals surface area contributed by atoms with Gasteiger partial charge in [-0.3, -0.25) is 0 Å². The number of hydrogen-bond donors (Lipinski definition) is 0. The van der Waals surface area contributed by atoms with Crippen molar-refractivity contribution >= 4 is 43.6 Å². The fraction of sp³-hybridized carbons (Fsp3) is 0. The Morgan fingerprint density at radius 3 is 1.33 bits per heavy atom. The van der Waals surface area contributed by atoms with Crippen LogP contribution in [0.4, 0.5) is 0 Å². The predicted octanol–water partition coefficient (Wildman–Crippen LogP) is 13.5. The molecule has 11 rings (SSSR count). The maximum absolute atomic E-state index is 6.34. The van der Waals surface area contributed by atoms with E-state index in [9.17, 15) is 0 Å². The average Bonchev–Trinajstić information content (AvgIpc) is 3.68. The van der Waals surface area contributed by atoms with Crippen LogP contribution in [0.5, 0.6) is 0 Å². The van der Waals surface area contributed by atoms with Crippen LogP contribution in [0.15, 0.2) is 199 Å². The zero-order valence-corrected chi connectivity index (χ0v) is 30.7. The number of furan rings is 1. The van der Waals surface area contributed by atoms with E-state index in [4.69, 9.17) is 24.4 Å². The van der Waals surface area contributed by atoms with Crippen molar-refractivity contribution in [2.75, 3.05) is 0 Å². The van der Waals surface area contributed by atoms with Crippen LogP contribution >= 0.6 is 0 Å². The third kappa shape index (κ3) is 5.81. The molecule has 5 heteroatoms. The molecule has 3 heterocycles. The molecule has 57 heavy (non-hydrogen) atoms. The number of rotatable bonds is 6. The van der Waals surface area contributed by atoms with Gasteiger partial charge in [0.2, 0.25) is 0 Å². The molecule has 0 aliphatic heterocycles. The molecule has 0 N–H and O–H groups in total. The zero-order valence-electron chi connectivity index (χ0n) is 30.7. The van der Waals surface area contributed by atoms with Crippen molar-refractivity contribution in [1.29, 1.82) is 0 Å². The quantitative estimate of drug-likeness (QED) is 0.160. The summed E-state index contributed by atoms with van der Waals surface area (Å²) in [4.78, 5) is 20.0. The Bertz CT molecular complexity index is 3190. The van der Waals surface area contributed by atoms with Crippen molar-refractivity contribution in [1.82, 2.24) is 19.9 Å². The van der Waals surface area contributed by atoms with Gasteiger partial charge >= 0.3 is 0 Å². The van der Waals surface area contributed by atoms with E-state index in [2.05, 4.69) is 115 Å². The molecule has 0 aliphatic rings. The maximum atomic E-state index is 6.34. The first-order valence-electron chi connectivity index (χ1n) is 19.0. The summed E-state index contributed by atoms with van der Waals surface area (Å²) in [5.41, 5.74) is 12.1. The van der Waals surface area contributed by atoms with E-state index in [-0.39, 0.29) is 0 Å². The lowest BCUT2D eigenvalue weighted by Crippen LogP contribution is -2.00. The minimum Gasteiger partial charge on any atom is -0.456 e. The van der Waals surface area contributed by atoms with E-state index in [0.29, 0.717) is 17.5 Å². The Labute approximate surface area is 328 Å².